The lowest BCUT2D eigenvalue weighted by Crippen LogP contribution is -2.21. The van der Waals surface area contributed by atoms with Gasteiger partial charge in [-0.2, -0.15) is 0 Å². The molecule has 0 aromatic carbocycles. The van der Waals surface area contributed by atoms with E-state index in [1.807, 2.05) is 20.8 Å². The van der Waals surface area contributed by atoms with Gasteiger partial charge in [0.15, 0.2) is 0 Å². The fourth-order valence-electron chi connectivity index (χ4n) is 1.34. The SMILES string of the molecule is CCc1nnc(S(N)(=O)=O)n1CC(C)C. The summed E-state index contributed by atoms with van der Waals surface area (Å²) < 4.78 is 24.0. The molecule has 0 spiro atoms. The third-order valence-electron chi connectivity index (χ3n) is 1.91. The van der Waals surface area contributed by atoms with E-state index in [2.05, 4.69) is 10.2 Å². The van der Waals surface area contributed by atoms with E-state index in [1.54, 1.807) is 4.57 Å². The lowest BCUT2D eigenvalue weighted by molar-refractivity contribution is 0.471. The lowest BCUT2D eigenvalue weighted by Gasteiger charge is -2.10. The molecule has 1 heterocycles. The minimum absolute atomic E-state index is 0.145. The Morgan fingerprint density at radius 2 is 2.00 bits per heavy atom. The maximum Gasteiger partial charge on any atom is 0.273 e. The highest BCUT2D eigenvalue weighted by Crippen LogP contribution is 2.10. The fraction of sp³-hybridized carbons (Fsp3) is 0.750. The predicted molar refractivity (Wildman–Crippen MR) is 55.6 cm³/mol. The molecular formula is C8H16N4O2S. The average molecular weight is 232 g/mol. The monoisotopic (exact) mass is 232 g/mol. The number of hydrogen-bond donors (Lipinski definition) is 1. The van der Waals surface area contributed by atoms with E-state index in [0.717, 1.165) is 0 Å². The maximum atomic E-state index is 11.2. The van der Waals surface area contributed by atoms with Crippen molar-refractivity contribution in [2.75, 3.05) is 0 Å². The summed E-state index contributed by atoms with van der Waals surface area (Å²) in [4.78, 5) is 0. The van der Waals surface area contributed by atoms with Crippen molar-refractivity contribution in [3.8, 4) is 0 Å². The molecule has 7 heteroatoms. The van der Waals surface area contributed by atoms with Crippen LogP contribution in [0.15, 0.2) is 5.16 Å². The number of aryl methyl sites for hydroxylation is 1. The highest BCUT2D eigenvalue weighted by atomic mass is 32.2. The van der Waals surface area contributed by atoms with Gasteiger partial charge < -0.3 is 4.57 Å². The topological polar surface area (TPSA) is 90.9 Å². The number of aromatic nitrogens is 3. The summed E-state index contributed by atoms with van der Waals surface area (Å²) >= 11 is 0. The number of sulfonamides is 1. The summed E-state index contributed by atoms with van der Waals surface area (Å²) in [5, 5.41) is 12.3. The highest BCUT2D eigenvalue weighted by molar-refractivity contribution is 7.89. The van der Waals surface area contributed by atoms with Crippen molar-refractivity contribution in [1.82, 2.24) is 14.8 Å². The maximum absolute atomic E-state index is 11.2. The van der Waals surface area contributed by atoms with E-state index in [1.165, 1.54) is 0 Å². The molecule has 0 aliphatic carbocycles. The molecule has 6 nitrogen and oxygen atoms in total. The highest BCUT2D eigenvalue weighted by Gasteiger charge is 2.20. The Bertz CT molecular complexity index is 435. The summed E-state index contributed by atoms with van der Waals surface area (Å²) in [5.74, 6) is 0.958. The zero-order valence-electron chi connectivity index (χ0n) is 9.14. The van der Waals surface area contributed by atoms with Crippen LogP contribution >= 0.6 is 0 Å². The van der Waals surface area contributed by atoms with Gasteiger partial charge in [0.2, 0.25) is 0 Å². The third kappa shape index (κ3) is 2.75. The molecule has 2 N–H and O–H groups in total. The van der Waals surface area contributed by atoms with Crippen molar-refractivity contribution >= 4 is 10.0 Å². The van der Waals surface area contributed by atoms with Gasteiger partial charge in [0.1, 0.15) is 5.82 Å². The van der Waals surface area contributed by atoms with Crippen LogP contribution in [0.3, 0.4) is 0 Å². The third-order valence-corrected chi connectivity index (χ3v) is 2.72. The van der Waals surface area contributed by atoms with Crippen LogP contribution in [0, 0.1) is 5.92 Å². The van der Waals surface area contributed by atoms with E-state index in [-0.39, 0.29) is 5.16 Å². The lowest BCUT2D eigenvalue weighted by atomic mass is 10.2. The Labute approximate surface area is 89.5 Å². The molecule has 1 rings (SSSR count). The van der Waals surface area contributed by atoms with Crippen molar-refractivity contribution in [2.24, 2.45) is 11.1 Å². The van der Waals surface area contributed by atoms with E-state index >= 15 is 0 Å². The standard InChI is InChI=1S/C8H16N4O2S/c1-4-7-10-11-8(15(9,13)14)12(7)5-6(2)3/h6H,4-5H2,1-3H3,(H2,9,13,14). The van der Waals surface area contributed by atoms with Crippen LogP contribution in [0.1, 0.15) is 26.6 Å². The molecule has 86 valence electrons. The Morgan fingerprint density at radius 3 is 2.40 bits per heavy atom. The van der Waals surface area contributed by atoms with Crippen LogP contribution in [0.2, 0.25) is 0 Å². The summed E-state index contributed by atoms with van der Waals surface area (Å²) in [6.45, 7) is 6.44. The number of rotatable bonds is 4. The second-order valence-electron chi connectivity index (χ2n) is 3.80. The van der Waals surface area contributed by atoms with Crippen molar-refractivity contribution in [1.29, 1.82) is 0 Å². The summed E-state index contributed by atoms with van der Waals surface area (Å²) in [7, 11) is -3.78. The molecule has 0 bridgehead atoms. The summed E-state index contributed by atoms with van der Waals surface area (Å²) in [6, 6.07) is 0. The number of nitrogens with two attached hydrogens (primary N) is 1. The number of primary sulfonamides is 1. The molecule has 0 radical (unpaired) electrons. The van der Waals surface area contributed by atoms with E-state index in [0.29, 0.717) is 24.7 Å². The van der Waals surface area contributed by atoms with Crippen molar-refractivity contribution in [3.63, 3.8) is 0 Å². The van der Waals surface area contributed by atoms with Crippen molar-refractivity contribution in [2.45, 2.75) is 38.9 Å². The molecular weight excluding hydrogens is 216 g/mol. The van der Waals surface area contributed by atoms with Gasteiger partial charge in [0.05, 0.1) is 0 Å². The van der Waals surface area contributed by atoms with Gasteiger partial charge in [-0.15, -0.1) is 10.2 Å². The molecule has 0 saturated heterocycles. The van der Waals surface area contributed by atoms with Gasteiger partial charge in [-0.3, -0.25) is 0 Å². The Morgan fingerprint density at radius 1 is 1.40 bits per heavy atom. The minimum Gasteiger partial charge on any atom is -0.300 e. The fourth-order valence-corrected chi connectivity index (χ4v) is 1.98. The van der Waals surface area contributed by atoms with Crippen LogP contribution in [0.4, 0.5) is 0 Å². The van der Waals surface area contributed by atoms with Gasteiger partial charge in [-0.25, -0.2) is 13.6 Å². The molecule has 0 aliphatic heterocycles. The van der Waals surface area contributed by atoms with Crippen molar-refractivity contribution in [3.05, 3.63) is 5.82 Å². The van der Waals surface area contributed by atoms with Crippen LogP contribution in [-0.2, 0) is 23.0 Å². The van der Waals surface area contributed by atoms with E-state index in [9.17, 15) is 8.42 Å². The van der Waals surface area contributed by atoms with Gasteiger partial charge in [0.25, 0.3) is 15.2 Å². The summed E-state index contributed by atoms with van der Waals surface area (Å²) in [5.41, 5.74) is 0. The first-order chi connectivity index (χ1) is 6.86. The zero-order valence-corrected chi connectivity index (χ0v) is 9.95. The van der Waals surface area contributed by atoms with Gasteiger partial charge in [-0.05, 0) is 5.92 Å². The predicted octanol–water partition coefficient (Wildman–Crippen LogP) is 0.144. The van der Waals surface area contributed by atoms with Gasteiger partial charge in [-0.1, -0.05) is 20.8 Å². The number of nitrogens with zero attached hydrogens (tertiary/aromatic N) is 3. The average Bonchev–Trinajstić information content (AvgIpc) is 2.45. The smallest absolute Gasteiger partial charge is 0.273 e. The molecule has 1 aromatic rings. The Hall–Kier alpha value is -0.950. The zero-order chi connectivity index (χ0) is 11.6. The molecule has 0 atom stereocenters. The molecule has 0 amide bonds. The normalized spacial score (nSPS) is 12.3. The second kappa shape index (κ2) is 4.28. The molecule has 0 fully saturated rings. The summed E-state index contributed by atoms with van der Waals surface area (Å²) in [6.07, 6.45) is 0.634. The second-order valence-corrected chi connectivity index (χ2v) is 5.26. The van der Waals surface area contributed by atoms with Crippen LogP contribution in [0.5, 0.6) is 0 Å². The van der Waals surface area contributed by atoms with Gasteiger partial charge in [0, 0.05) is 13.0 Å². The first-order valence-corrected chi connectivity index (χ1v) is 6.35. The molecule has 0 saturated carbocycles. The van der Waals surface area contributed by atoms with Crippen molar-refractivity contribution < 1.29 is 8.42 Å². The van der Waals surface area contributed by atoms with Crippen LogP contribution < -0.4 is 5.14 Å². The van der Waals surface area contributed by atoms with Crippen LogP contribution in [0.25, 0.3) is 0 Å². The quantitative estimate of drug-likeness (QED) is 0.799. The minimum atomic E-state index is -3.78. The first-order valence-electron chi connectivity index (χ1n) is 4.81. The van der Waals surface area contributed by atoms with Gasteiger partial charge >= 0.3 is 0 Å². The Kier molecular flexibility index (Phi) is 3.46. The molecule has 0 aliphatic rings. The molecule has 15 heavy (non-hydrogen) atoms. The van der Waals surface area contributed by atoms with Crippen LogP contribution in [-0.4, -0.2) is 23.2 Å². The Balaban J connectivity index is 3.24. The number of hydrogen-bond acceptors (Lipinski definition) is 4. The molecule has 1 aromatic heterocycles. The first kappa shape index (κ1) is 12.1. The van der Waals surface area contributed by atoms with E-state index < -0.39 is 10.0 Å². The molecule has 0 unspecified atom stereocenters. The largest absolute Gasteiger partial charge is 0.300 e. The van der Waals surface area contributed by atoms with E-state index in [4.69, 9.17) is 5.14 Å².